The summed E-state index contributed by atoms with van der Waals surface area (Å²) in [5, 5.41) is 10.2. The van der Waals surface area contributed by atoms with Crippen molar-refractivity contribution in [1.82, 2.24) is 4.98 Å². The number of halogens is 1. The molecule has 0 saturated heterocycles. The number of rotatable bonds is 1. The van der Waals surface area contributed by atoms with Crippen LogP contribution in [0.2, 0.25) is 0 Å². The van der Waals surface area contributed by atoms with Crippen molar-refractivity contribution in [2.45, 2.75) is 0 Å². The van der Waals surface area contributed by atoms with E-state index in [0.29, 0.717) is 6.07 Å². The fourth-order valence-electron chi connectivity index (χ4n) is 1.30. The molecular formula is C8H3FN2O5. The Morgan fingerprint density at radius 3 is 2.69 bits per heavy atom. The van der Waals surface area contributed by atoms with Crippen molar-refractivity contribution in [3.63, 3.8) is 0 Å². The maximum atomic E-state index is 13.0. The van der Waals surface area contributed by atoms with Gasteiger partial charge in [0.2, 0.25) is 0 Å². The predicted molar refractivity (Wildman–Crippen MR) is 49.7 cm³/mol. The fourth-order valence-corrected chi connectivity index (χ4v) is 1.30. The predicted octanol–water partition coefficient (Wildman–Crippen LogP) is 0.529. The molecule has 0 saturated carbocycles. The minimum atomic E-state index is -1.13. The molecule has 0 atom stereocenters. The summed E-state index contributed by atoms with van der Waals surface area (Å²) in [6.45, 7) is 0. The maximum Gasteiger partial charge on any atom is 0.419 e. The fraction of sp³-hybridized carbons (Fsp3) is 0. The third kappa shape index (κ3) is 1.45. The smallest absolute Gasteiger partial charge is 0.372 e. The molecule has 1 aromatic carbocycles. The summed E-state index contributed by atoms with van der Waals surface area (Å²) in [5.74, 6) is -2.09. The van der Waals surface area contributed by atoms with Gasteiger partial charge in [0.15, 0.2) is 0 Å². The molecule has 0 aliphatic carbocycles. The average Bonchev–Trinajstić information content (AvgIpc) is 2.18. The number of hydrogen-bond donors (Lipinski definition) is 1. The van der Waals surface area contributed by atoms with Gasteiger partial charge < -0.3 is 4.42 Å². The van der Waals surface area contributed by atoms with Crippen LogP contribution < -0.4 is 11.4 Å². The van der Waals surface area contributed by atoms with Gasteiger partial charge in [-0.1, -0.05) is 0 Å². The summed E-state index contributed by atoms with van der Waals surface area (Å²) in [7, 11) is 0. The quantitative estimate of drug-likeness (QED) is 0.563. The normalized spacial score (nSPS) is 10.6. The first-order valence-electron chi connectivity index (χ1n) is 4.00. The van der Waals surface area contributed by atoms with Gasteiger partial charge in [-0.2, -0.15) is 0 Å². The first-order valence-corrected chi connectivity index (χ1v) is 4.00. The van der Waals surface area contributed by atoms with E-state index in [1.165, 1.54) is 0 Å². The number of aromatic amines is 1. The Labute approximate surface area is 85.3 Å². The number of aromatic nitrogens is 1. The molecule has 0 aliphatic heterocycles. The molecule has 1 heterocycles. The van der Waals surface area contributed by atoms with Gasteiger partial charge in [0.05, 0.1) is 16.4 Å². The van der Waals surface area contributed by atoms with Gasteiger partial charge in [-0.3, -0.25) is 15.1 Å². The molecule has 1 N–H and O–H groups in total. The second kappa shape index (κ2) is 3.26. The molecule has 2 rings (SSSR count). The number of hydrogen-bond acceptors (Lipinski definition) is 5. The second-order valence-electron chi connectivity index (χ2n) is 2.91. The maximum absolute atomic E-state index is 13.0. The highest BCUT2D eigenvalue weighted by molar-refractivity contribution is 5.85. The number of nitrogens with zero attached hydrogens (tertiary/aromatic N) is 1. The van der Waals surface area contributed by atoms with E-state index in [1.807, 2.05) is 4.98 Å². The van der Waals surface area contributed by atoms with Crippen LogP contribution in [-0.2, 0) is 0 Å². The van der Waals surface area contributed by atoms with E-state index in [-0.39, 0.29) is 10.9 Å². The molecule has 0 aliphatic rings. The molecular weight excluding hydrogens is 223 g/mol. The van der Waals surface area contributed by atoms with Crippen molar-refractivity contribution in [2.24, 2.45) is 0 Å². The van der Waals surface area contributed by atoms with Crippen LogP contribution in [0.3, 0.4) is 0 Å². The van der Waals surface area contributed by atoms with E-state index in [2.05, 4.69) is 4.42 Å². The van der Waals surface area contributed by atoms with Crippen LogP contribution >= 0.6 is 0 Å². The molecule has 8 heteroatoms. The zero-order chi connectivity index (χ0) is 11.9. The highest BCUT2D eigenvalue weighted by atomic mass is 19.1. The molecule has 7 nitrogen and oxygen atoms in total. The molecule has 82 valence electrons. The summed E-state index contributed by atoms with van der Waals surface area (Å²) in [6, 6.07) is 1.36. The monoisotopic (exact) mass is 226 g/mol. The molecule has 0 unspecified atom stereocenters. The van der Waals surface area contributed by atoms with Gasteiger partial charge in [-0.25, -0.2) is 14.0 Å². The molecule has 0 bridgehead atoms. The SMILES string of the molecule is O=c1[nH]c2c([N+](=O)[O-])cc(F)cc2c(=O)o1. The van der Waals surface area contributed by atoms with Crippen LogP contribution in [-0.4, -0.2) is 9.91 Å². The highest BCUT2D eigenvalue weighted by Crippen LogP contribution is 2.21. The summed E-state index contributed by atoms with van der Waals surface area (Å²) >= 11 is 0. The summed E-state index contributed by atoms with van der Waals surface area (Å²) in [5.41, 5.74) is -2.17. The Bertz CT molecular complexity index is 702. The molecule has 2 aromatic rings. The van der Waals surface area contributed by atoms with Crippen LogP contribution in [0.15, 0.2) is 26.1 Å². The topological polar surface area (TPSA) is 106 Å². The van der Waals surface area contributed by atoms with Gasteiger partial charge in [-0.15, -0.1) is 0 Å². The zero-order valence-corrected chi connectivity index (χ0v) is 7.52. The van der Waals surface area contributed by atoms with Gasteiger partial charge in [0, 0.05) is 0 Å². The van der Waals surface area contributed by atoms with Gasteiger partial charge in [0.1, 0.15) is 11.3 Å². The van der Waals surface area contributed by atoms with Crippen molar-refractivity contribution >= 4 is 16.6 Å². The number of benzene rings is 1. The number of non-ortho nitro benzene ring substituents is 1. The Morgan fingerprint density at radius 1 is 1.38 bits per heavy atom. The Hall–Kier alpha value is -2.51. The van der Waals surface area contributed by atoms with Crippen LogP contribution in [0.5, 0.6) is 0 Å². The second-order valence-corrected chi connectivity index (χ2v) is 2.91. The van der Waals surface area contributed by atoms with Crippen molar-refractivity contribution in [3.05, 3.63) is 49.0 Å². The Balaban J connectivity index is 3.07. The van der Waals surface area contributed by atoms with Crippen molar-refractivity contribution < 1.29 is 13.7 Å². The molecule has 0 fully saturated rings. The minimum absolute atomic E-state index is 0.354. The van der Waals surface area contributed by atoms with E-state index in [1.54, 1.807) is 0 Å². The first kappa shape index (κ1) is 10.0. The number of H-pyrrole nitrogens is 1. The van der Waals surface area contributed by atoms with Gasteiger partial charge in [0.25, 0.3) is 5.69 Å². The van der Waals surface area contributed by atoms with E-state index in [9.17, 15) is 24.1 Å². The molecule has 0 amide bonds. The van der Waals surface area contributed by atoms with Crippen LogP contribution in [0.25, 0.3) is 10.9 Å². The average molecular weight is 226 g/mol. The third-order valence-corrected chi connectivity index (χ3v) is 1.91. The van der Waals surface area contributed by atoms with Crippen LogP contribution in [0, 0.1) is 15.9 Å². The van der Waals surface area contributed by atoms with Crippen molar-refractivity contribution in [3.8, 4) is 0 Å². The third-order valence-electron chi connectivity index (χ3n) is 1.91. The lowest BCUT2D eigenvalue weighted by molar-refractivity contribution is -0.383. The lowest BCUT2D eigenvalue weighted by atomic mass is 10.2. The highest BCUT2D eigenvalue weighted by Gasteiger charge is 2.17. The Kier molecular flexibility index (Phi) is 2.04. The number of fused-ring (bicyclic) bond motifs is 1. The van der Waals surface area contributed by atoms with E-state index >= 15 is 0 Å². The largest absolute Gasteiger partial charge is 0.419 e. The number of nitrogens with one attached hydrogen (secondary N) is 1. The summed E-state index contributed by atoms with van der Waals surface area (Å²) in [6.07, 6.45) is 0. The molecule has 0 spiro atoms. The molecule has 1 aromatic heterocycles. The summed E-state index contributed by atoms with van der Waals surface area (Å²) < 4.78 is 17.1. The van der Waals surface area contributed by atoms with E-state index in [4.69, 9.17) is 0 Å². The van der Waals surface area contributed by atoms with Crippen LogP contribution in [0.1, 0.15) is 0 Å². The number of nitro groups is 1. The molecule has 0 radical (unpaired) electrons. The van der Waals surface area contributed by atoms with Crippen molar-refractivity contribution in [1.29, 1.82) is 0 Å². The van der Waals surface area contributed by atoms with E-state index < -0.39 is 27.8 Å². The Morgan fingerprint density at radius 2 is 2.06 bits per heavy atom. The molecule has 16 heavy (non-hydrogen) atoms. The van der Waals surface area contributed by atoms with E-state index in [0.717, 1.165) is 6.07 Å². The summed E-state index contributed by atoms with van der Waals surface area (Å²) in [4.78, 5) is 33.6. The number of nitro benzene ring substituents is 1. The van der Waals surface area contributed by atoms with Gasteiger partial charge in [-0.05, 0) is 6.07 Å². The standard InChI is InChI=1S/C8H3FN2O5/c9-3-1-4-6(5(2-3)11(14)15)10-8(13)16-7(4)12/h1-2H,(H,10,13). The zero-order valence-electron chi connectivity index (χ0n) is 7.52. The van der Waals surface area contributed by atoms with Gasteiger partial charge >= 0.3 is 11.4 Å². The lowest BCUT2D eigenvalue weighted by Crippen LogP contribution is -2.15. The first-order chi connectivity index (χ1) is 7.49. The minimum Gasteiger partial charge on any atom is -0.372 e. The lowest BCUT2D eigenvalue weighted by Gasteiger charge is -1.97. The van der Waals surface area contributed by atoms with Crippen molar-refractivity contribution in [2.75, 3.05) is 0 Å². The van der Waals surface area contributed by atoms with Crippen LogP contribution in [0.4, 0.5) is 10.1 Å².